The monoisotopic (exact) mass is 553 g/mol. The Labute approximate surface area is 231 Å². The molecule has 1 atom stereocenters. The molecule has 0 radical (unpaired) electrons. The summed E-state index contributed by atoms with van der Waals surface area (Å²) in [7, 11) is 2.89. The molecule has 1 aliphatic heterocycles. The van der Waals surface area contributed by atoms with Crippen molar-refractivity contribution in [3.8, 4) is 28.5 Å². The fourth-order valence-corrected chi connectivity index (χ4v) is 5.52. The molecular formula is C28H33N4O6S+. The van der Waals surface area contributed by atoms with E-state index in [-0.39, 0.29) is 28.7 Å². The summed E-state index contributed by atoms with van der Waals surface area (Å²) < 4.78 is 18.0. The van der Waals surface area contributed by atoms with Crippen molar-refractivity contribution < 1.29 is 28.5 Å². The summed E-state index contributed by atoms with van der Waals surface area (Å²) in [5, 5.41) is 5.29. The van der Waals surface area contributed by atoms with Crippen LogP contribution in [0.1, 0.15) is 58.2 Å². The van der Waals surface area contributed by atoms with E-state index in [1.54, 1.807) is 33.8 Å². The molecule has 10 nitrogen and oxygen atoms in total. The number of benzene rings is 2. The Kier molecular flexibility index (Phi) is 8.90. The number of hydrogen-bond donors (Lipinski definition) is 1. The lowest BCUT2D eigenvalue weighted by Crippen LogP contribution is -2.60. The highest BCUT2D eigenvalue weighted by molar-refractivity contribution is 7.99. The van der Waals surface area contributed by atoms with Crippen LogP contribution >= 0.6 is 11.8 Å². The van der Waals surface area contributed by atoms with E-state index in [0.29, 0.717) is 27.7 Å². The van der Waals surface area contributed by atoms with Crippen molar-refractivity contribution in [2.45, 2.75) is 57.8 Å². The van der Waals surface area contributed by atoms with Gasteiger partial charge in [0.1, 0.15) is 0 Å². The van der Waals surface area contributed by atoms with Gasteiger partial charge in [0, 0.05) is 24.7 Å². The molecule has 11 heteroatoms. The number of nitrogens with one attached hydrogen (secondary N) is 1. The second-order valence-corrected chi connectivity index (χ2v) is 10.2. The zero-order valence-corrected chi connectivity index (χ0v) is 23.6. The quantitative estimate of drug-likeness (QED) is 0.130. The number of anilines is 1. The average Bonchev–Trinajstić information content (AvgIpc) is 2.91. The molecule has 0 bridgehead atoms. The summed E-state index contributed by atoms with van der Waals surface area (Å²) in [5.74, 6) is 0.611. The van der Waals surface area contributed by atoms with Gasteiger partial charge in [0.15, 0.2) is 11.5 Å². The number of para-hydroxylation sites is 1. The minimum atomic E-state index is -0.844. The number of aromatic nitrogens is 3. The zero-order chi connectivity index (χ0) is 28.1. The number of esters is 1. The van der Waals surface area contributed by atoms with Gasteiger partial charge >= 0.3 is 17.2 Å². The van der Waals surface area contributed by atoms with Crippen molar-refractivity contribution >= 4 is 29.3 Å². The highest BCUT2D eigenvalue weighted by Gasteiger charge is 2.45. The van der Waals surface area contributed by atoms with Crippen LogP contribution in [0.2, 0.25) is 0 Å². The zero-order valence-electron chi connectivity index (χ0n) is 22.8. The van der Waals surface area contributed by atoms with Crippen LogP contribution in [0.4, 0.5) is 5.69 Å². The second-order valence-electron chi connectivity index (χ2n) is 9.09. The molecule has 0 spiro atoms. The minimum Gasteiger partial charge on any atom is -0.493 e. The van der Waals surface area contributed by atoms with Crippen molar-refractivity contribution in [2.24, 2.45) is 0 Å². The van der Waals surface area contributed by atoms with Crippen LogP contribution in [0, 0.1) is 0 Å². The van der Waals surface area contributed by atoms with E-state index in [1.165, 1.54) is 39.8 Å². The van der Waals surface area contributed by atoms with E-state index < -0.39 is 12.1 Å². The van der Waals surface area contributed by atoms with E-state index in [4.69, 9.17) is 19.3 Å². The van der Waals surface area contributed by atoms with E-state index >= 15 is 0 Å². The van der Waals surface area contributed by atoms with E-state index in [0.717, 1.165) is 31.4 Å². The number of H-pyrrole nitrogens is 1. The number of nitrogens with zero attached hydrogens (tertiary/aromatic N) is 3. The molecule has 0 aliphatic carbocycles. The number of amides is 1. The molecule has 39 heavy (non-hydrogen) atoms. The predicted molar refractivity (Wildman–Crippen MR) is 148 cm³/mol. The van der Waals surface area contributed by atoms with Gasteiger partial charge in [0.25, 0.3) is 6.17 Å². The lowest BCUT2D eigenvalue weighted by Gasteiger charge is -2.31. The molecule has 1 aromatic heterocycles. The summed E-state index contributed by atoms with van der Waals surface area (Å²) in [4.78, 5) is 43.0. The number of carbonyl (C=O) groups excluding carboxylic acids is 2. The van der Waals surface area contributed by atoms with Gasteiger partial charge in [-0.05, 0) is 35.4 Å². The second kappa shape index (κ2) is 12.3. The number of fused-ring (bicyclic) bond motifs is 3. The Balaban J connectivity index is 1.92. The van der Waals surface area contributed by atoms with E-state index in [1.807, 2.05) is 12.1 Å². The molecule has 2 aromatic carbocycles. The normalized spacial score (nSPS) is 13.9. The summed E-state index contributed by atoms with van der Waals surface area (Å²) in [6.45, 7) is 4.91. The van der Waals surface area contributed by atoms with E-state index in [9.17, 15) is 14.4 Å². The SMILES string of the molecule is CCCCCCSc1n[n+]2c(c(=O)[nH]1)-c1ccccc1N(C(C)=O)C2c1cc(OC)c(OC(C)=O)c(OC)c1. The molecule has 3 aromatic rings. The fourth-order valence-electron chi connectivity index (χ4n) is 4.67. The van der Waals surface area contributed by atoms with Gasteiger partial charge in [0.05, 0.1) is 31.0 Å². The third kappa shape index (κ3) is 5.78. The van der Waals surface area contributed by atoms with Gasteiger partial charge in [-0.3, -0.25) is 19.4 Å². The van der Waals surface area contributed by atoms with Crippen molar-refractivity contribution in [1.82, 2.24) is 10.1 Å². The number of rotatable bonds is 10. The van der Waals surface area contributed by atoms with Crippen molar-refractivity contribution in [3.05, 3.63) is 52.3 Å². The first-order valence-electron chi connectivity index (χ1n) is 12.8. The third-order valence-electron chi connectivity index (χ3n) is 6.36. The predicted octanol–water partition coefficient (Wildman–Crippen LogP) is 4.25. The summed E-state index contributed by atoms with van der Waals surface area (Å²) in [6, 6.07) is 10.5. The Morgan fingerprint density at radius 3 is 2.38 bits per heavy atom. The molecule has 0 saturated heterocycles. The summed E-state index contributed by atoms with van der Waals surface area (Å²) in [6.07, 6.45) is 3.56. The molecule has 0 saturated carbocycles. The number of hydrogen-bond acceptors (Lipinski definition) is 8. The average molecular weight is 554 g/mol. The molecule has 0 fully saturated rings. The van der Waals surface area contributed by atoms with Gasteiger partial charge in [-0.25, -0.2) is 4.90 Å². The Morgan fingerprint density at radius 1 is 1.08 bits per heavy atom. The molecule has 2 heterocycles. The van der Waals surface area contributed by atoms with Gasteiger partial charge in [-0.1, -0.05) is 50.1 Å². The van der Waals surface area contributed by atoms with Crippen LogP contribution in [-0.2, 0) is 9.59 Å². The van der Waals surface area contributed by atoms with Gasteiger partial charge in [0.2, 0.25) is 16.8 Å². The molecule has 1 N–H and O–H groups in total. The maximum atomic E-state index is 13.5. The van der Waals surface area contributed by atoms with Gasteiger partial charge in [-0.2, -0.15) is 0 Å². The number of ether oxygens (including phenoxy) is 3. The Hall–Kier alpha value is -3.86. The summed E-state index contributed by atoms with van der Waals surface area (Å²) in [5.41, 5.74) is 1.73. The number of methoxy groups -OCH3 is 2. The van der Waals surface area contributed by atoms with Crippen molar-refractivity contribution in [1.29, 1.82) is 0 Å². The largest absolute Gasteiger partial charge is 0.493 e. The number of aromatic amines is 1. The van der Waals surface area contributed by atoms with Gasteiger partial charge < -0.3 is 14.2 Å². The van der Waals surface area contributed by atoms with Crippen LogP contribution in [0.3, 0.4) is 0 Å². The lowest BCUT2D eigenvalue weighted by molar-refractivity contribution is -0.763. The Morgan fingerprint density at radius 2 is 1.77 bits per heavy atom. The van der Waals surface area contributed by atoms with Gasteiger partial charge in [-0.15, -0.1) is 0 Å². The Bertz CT molecular complexity index is 1410. The lowest BCUT2D eigenvalue weighted by atomic mass is 10.0. The van der Waals surface area contributed by atoms with Crippen molar-refractivity contribution in [2.75, 3.05) is 24.9 Å². The first-order valence-corrected chi connectivity index (χ1v) is 13.8. The molecule has 4 rings (SSSR count). The maximum absolute atomic E-state index is 13.5. The summed E-state index contributed by atoms with van der Waals surface area (Å²) >= 11 is 1.47. The molecule has 1 aliphatic rings. The number of thioether (sulfide) groups is 1. The van der Waals surface area contributed by atoms with Crippen LogP contribution in [0.5, 0.6) is 17.2 Å². The van der Waals surface area contributed by atoms with E-state index in [2.05, 4.69) is 11.9 Å². The smallest absolute Gasteiger partial charge is 0.325 e. The number of unbranched alkanes of at least 4 members (excludes halogenated alkanes) is 3. The molecule has 1 amide bonds. The topological polar surface area (TPSA) is 115 Å². The molecule has 1 unspecified atom stereocenters. The highest BCUT2D eigenvalue weighted by Crippen LogP contribution is 2.43. The van der Waals surface area contributed by atoms with Crippen LogP contribution in [0.15, 0.2) is 46.3 Å². The fraction of sp³-hybridized carbons (Fsp3) is 0.393. The van der Waals surface area contributed by atoms with Crippen molar-refractivity contribution in [3.63, 3.8) is 0 Å². The molecule has 206 valence electrons. The van der Waals surface area contributed by atoms with Crippen LogP contribution in [-0.4, -0.2) is 41.9 Å². The minimum absolute atomic E-state index is 0.120. The number of carbonyl (C=O) groups is 2. The van der Waals surface area contributed by atoms with Crippen LogP contribution < -0.4 is 29.4 Å². The first-order chi connectivity index (χ1) is 18.8. The first kappa shape index (κ1) is 28.2. The molecular weight excluding hydrogens is 520 g/mol. The van der Waals surface area contributed by atoms with Crippen LogP contribution in [0.25, 0.3) is 11.3 Å². The highest BCUT2D eigenvalue weighted by atomic mass is 32.2. The third-order valence-corrected chi connectivity index (χ3v) is 7.31. The standard InChI is InChI=1S/C28H32N4O6S/c1-6-7-8-11-14-39-28-29-26(35)24-20-12-9-10-13-21(20)31(17(2)33)27(32(24)30-28)19-15-22(36-4)25(38-18(3)34)23(16-19)37-5/h9-10,12-13,15-16,27H,6-8,11,14H2,1-5H3/p+1. The maximum Gasteiger partial charge on any atom is 0.325 e.